The predicted octanol–water partition coefficient (Wildman–Crippen LogP) is 3.48. The van der Waals surface area contributed by atoms with Crippen LogP contribution in [0.2, 0.25) is 5.02 Å². The van der Waals surface area contributed by atoms with Crippen LogP contribution in [0, 0.1) is 0 Å². The minimum absolute atomic E-state index is 0.224. The third-order valence-electron chi connectivity index (χ3n) is 3.26. The van der Waals surface area contributed by atoms with Crippen molar-refractivity contribution in [2.75, 3.05) is 5.73 Å². The van der Waals surface area contributed by atoms with E-state index in [0.29, 0.717) is 22.2 Å². The molecule has 6 heteroatoms. The van der Waals surface area contributed by atoms with Gasteiger partial charge in [-0.1, -0.05) is 29.8 Å². The number of hydrogen-bond donors (Lipinski definition) is 1. The molecule has 0 aliphatic carbocycles. The standard InChI is InChI=1S/C15H16ClN5/c1-15(2,3)21-14-11(13(17)18-8-19-14)12(20-21)9-6-4-5-7-10(9)16/h4-8H,1-3H3,(H2,17,18,19). The number of benzene rings is 1. The summed E-state index contributed by atoms with van der Waals surface area (Å²) in [5, 5.41) is 6.06. The molecule has 0 saturated heterocycles. The zero-order chi connectivity index (χ0) is 15.2. The van der Waals surface area contributed by atoms with Crippen molar-refractivity contribution in [3.8, 4) is 11.3 Å². The van der Waals surface area contributed by atoms with Crippen LogP contribution in [0.1, 0.15) is 20.8 Å². The van der Waals surface area contributed by atoms with E-state index in [-0.39, 0.29) is 5.54 Å². The van der Waals surface area contributed by atoms with Gasteiger partial charge in [-0.3, -0.25) is 0 Å². The van der Waals surface area contributed by atoms with Crippen LogP contribution in [0.5, 0.6) is 0 Å². The van der Waals surface area contributed by atoms with E-state index < -0.39 is 0 Å². The normalized spacial score (nSPS) is 12.0. The van der Waals surface area contributed by atoms with E-state index in [1.165, 1.54) is 6.33 Å². The summed E-state index contributed by atoms with van der Waals surface area (Å²) in [7, 11) is 0. The van der Waals surface area contributed by atoms with Gasteiger partial charge in [-0.2, -0.15) is 5.10 Å². The molecular weight excluding hydrogens is 286 g/mol. The molecule has 0 spiro atoms. The molecule has 1 aromatic carbocycles. The summed E-state index contributed by atoms with van der Waals surface area (Å²) in [4.78, 5) is 8.44. The van der Waals surface area contributed by atoms with Gasteiger partial charge in [0.15, 0.2) is 5.65 Å². The van der Waals surface area contributed by atoms with Crippen LogP contribution in [0.3, 0.4) is 0 Å². The largest absolute Gasteiger partial charge is 0.383 e. The molecule has 2 heterocycles. The summed E-state index contributed by atoms with van der Waals surface area (Å²) >= 11 is 6.30. The smallest absolute Gasteiger partial charge is 0.164 e. The van der Waals surface area contributed by atoms with E-state index >= 15 is 0 Å². The van der Waals surface area contributed by atoms with Gasteiger partial charge < -0.3 is 5.73 Å². The second kappa shape index (κ2) is 4.70. The third kappa shape index (κ3) is 2.23. The maximum absolute atomic E-state index is 6.30. The van der Waals surface area contributed by atoms with Crippen molar-refractivity contribution >= 4 is 28.5 Å². The van der Waals surface area contributed by atoms with Gasteiger partial charge in [-0.25, -0.2) is 14.6 Å². The molecule has 2 aromatic heterocycles. The molecule has 108 valence electrons. The number of nitrogen functional groups attached to an aromatic ring is 1. The number of nitrogens with zero attached hydrogens (tertiary/aromatic N) is 4. The van der Waals surface area contributed by atoms with Gasteiger partial charge in [0.2, 0.25) is 0 Å². The molecule has 0 amide bonds. The highest BCUT2D eigenvalue weighted by Crippen LogP contribution is 2.35. The molecule has 0 aliphatic rings. The van der Waals surface area contributed by atoms with Gasteiger partial charge in [0, 0.05) is 5.56 Å². The Labute approximate surface area is 127 Å². The van der Waals surface area contributed by atoms with Gasteiger partial charge in [-0.15, -0.1) is 0 Å². The molecule has 3 rings (SSSR count). The minimum Gasteiger partial charge on any atom is -0.383 e. The zero-order valence-corrected chi connectivity index (χ0v) is 12.9. The fourth-order valence-corrected chi connectivity index (χ4v) is 2.51. The Morgan fingerprint density at radius 3 is 2.52 bits per heavy atom. The molecule has 0 atom stereocenters. The molecule has 0 unspecified atom stereocenters. The molecule has 0 radical (unpaired) electrons. The number of anilines is 1. The van der Waals surface area contributed by atoms with Crippen molar-refractivity contribution in [2.45, 2.75) is 26.3 Å². The summed E-state index contributed by atoms with van der Waals surface area (Å²) in [6.07, 6.45) is 1.46. The Balaban J connectivity index is 2.42. The molecule has 2 N–H and O–H groups in total. The number of hydrogen-bond acceptors (Lipinski definition) is 4. The average Bonchev–Trinajstić information content (AvgIpc) is 2.80. The van der Waals surface area contributed by atoms with Crippen LogP contribution >= 0.6 is 11.6 Å². The topological polar surface area (TPSA) is 69.6 Å². The highest BCUT2D eigenvalue weighted by molar-refractivity contribution is 6.33. The molecule has 0 fully saturated rings. The second-order valence-electron chi connectivity index (χ2n) is 5.87. The molecule has 0 saturated carbocycles. The molecule has 0 bridgehead atoms. The number of nitrogens with two attached hydrogens (primary N) is 1. The average molecular weight is 302 g/mol. The Hall–Kier alpha value is -2.14. The lowest BCUT2D eigenvalue weighted by Gasteiger charge is -2.19. The number of rotatable bonds is 1. The summed E-state index contributed by atoms with van der Waals surface area (Å²) in [5.41, 5.74) is 8.08. The Kier molecular flexibility index (Phi) is 3.10. The van der Waals surface area contributed by atoms with Crippen molar-refractivity contribution in [1.29, 1.82) is 0 Å². The van der Waals surface area contributed by atoms with Crippen molar-refractivity contribution in [3.05, 3.63) is 35.6 Å². The van der Waals surface area contributed by atoms with Crippen molar-refractivity contribution < 1.29 is 0 Å². The van der Waals surface area contributed by atoms with E-state index in [1.54, 1.807) is 0 Å². The highest BCUT2D eigenvalue weighted by atomic mass is 35.5. The van der Waals surface area contributed by atoms with Gasteiger partial charge in [-0.05, 0) is 26.8 Å². The number of fused-ring (bicyclic) bond motifs is 1. The Morgan fingerprint density at radius 2 is 1.86 bits per heavy atom. The number of aromatic nitrogens is 4. The Bertz CT molecular complexity index is 817. The summed E-state index contributed by atoms with van der Waals surface area (Å²) in [6, 6.07) is 7.56. The van der Waals surface area contributed by atoms with E-state index in [1.807, 2.05) is 28.9 Å². The van der Waals surface area contributed by atoms with Crippen LogP contribution in [-0.2, 0) is 5.54 Å². The quantitative estimate of drug-likeness (QED) is 0.747. The van der Waals surface area contributed by atoms with E-state index in [0.717, 1.165) is 10.9 Å². The van der Waals surface area contributed by atoms with E-state index in [4.69, 9.17) is 22.4 Å². The first kappa shape index (κ1) is 13.8. The highest BCUT2D eigenvalue weighted by Gasteiger charge is 2.24. The van der Waals surface area contributed by atoms with Crippen LogP contribution < -0.4 is 5.73 Å². The molecule has 21 heavy (non-hydrogen) atoms. The molecule has 5 nitrogen and oxygen atoms in total. The lowest BCUT2D eigenvalue weighted by atomic mass is 10.1. The van der Waals surface area contributed by atoms with Gasteiger partial charge >= 0.3 is 0 Å². The van der Waals surface area contributed by atoms with Crippen LogP contribution in [0.15, 0.2) is 30.6 Å². The fraction of sp³-hybridized carbons (Fsp3) is 0.267. The third-order valence-corrected chi connectivity index (χ3v) is 3.59. The summed E-state index contributed by atoms with van der Waals surface area (Å²) < 4.78 is 1.86. The van der Waals surface area contributed by atoms with Crippen LogP contribution in [-0.4, -0.2) is 19.7 Å². The van der Waals surface area contributed by atoms with E-state index in [2.05, 4.69) is 30.7 Å². The number of halogens is 1. The van der Waals surface area contributed by atoms with Crippen molar-refractivity contribution in [1.82, 2.24) is 19.7 Å². The Morgan fingerprint density at radius 1 is 1.14 bits per heavy atom. The van der Waals surface area contributed by atoms with Crippen molar-refractivity contribution in [2.24, 2.45) is 0 Å². The fourth-order valence-electron chi connectivity index (χ4n) is 2.28. The lowest BCUT2D eigenvalue weighted by Crippen LogP contribution is -2.23. The monoisotopic (exact) mass is 301 g/mol. The maximum atomic E-state index is 6.30. The van der Waals surface area contributed by atoms with E-state index in [9.17, 15) is 0 Å². The first-order valence-electron chi connectivity index (χ1n) is 6.64. The second-order valence-corrected chi connectivity index (χ2v) is 6.28. The van der Waals surface area contributed by atoms with Crippen LogP contribution in [0.25, 0.3) is 22.3 Å². The van der Waals surface area contributed by atoms with Crippen LogP contribution in [0.4, 0.5) is 5.82 Å². The van der Waals surface area contributed by atoms with Gasteiger partial charge in [0.25, 0.3) is 0 Å². The first-order valence-corrected chi connectivity index (χ1v) is 7.02. The summed E-state index contributed by atoms with van der Waals surface area (Å²) in [5.74, 6) is 0.408. The van der Waals surface area contributed by atoms with Gasteiger partial charge in [0.05, 0.1) is 15.9 Å². The molecular formula is C15H16ClN5. The zero-order valence-electron chi connectivity index (χ0n) is 12.1. The predicted molar refractivity (Wildman–Crippen MR) is 85.2 cm³/mol. The minimum atomic E-state index is -0.224. The SMILES string of the molecule is CC(C)(C)n1nc(-c2ccccc2Cl)c2c(N)ncnc21. The van der Waals surface area contributed by atoms with Crippen molar-refractivity contribution in [3.63, 3.8) is 0 Å². The lowest BCUT2D eigenvalue weighted by molar-refractivity contribution is 0.367. The van der Waals surface area contributed by atoms with Gasteiger partial charge in [0.1, 0.15) is 17.8 Å². The first-order chi connectivity index (χ1) is 9.89. The maximum Gasteiger partial charge on any atom is 0.164 e. The molecule has 0 aliphatic heterocycles. The molecule has 3 aromatic rings. The summed E-state index contributed by atoms with van der Waals surface area (Å²) in [6.45, 7) is 6.19.